The van der Waals surface area contributed by atoms with Gasteiger partial charge >= 0.3 is 12.0 Å². The zero-order valence-corrected chi connectivity index (χ0v) is 12.8. The van der Waals surface area contributed by atoms with Gasteiger partial charge in [-0.05, 0) is 28.9 Å². The van der Waals surface area contributed by atoms with Gasteiger partial charge in [0.05, 0.1) is 15.8 Å². The number of rotatable bonds is 3. The van der Waals surface area contributed by atoms with Crippen molar-refractivity contribution in [1.82, 2.24) is 0 Å². The van der Waals surface area contributed by atoms with Crippen LogP contribution in [0.15, 0.2) is 16.6 Å². The fourth-order valence-electron chi connectivity index (χ4n) is 1.73. The van der Waals surface area contributed by atoms with Gasteiger partial charge in [0.1, 0.15) is 16.3 Å². The monoisotopic (exact) mass is 358 g/mol. The molecule has 0 aliphatic rings. The number of nitrogens with one attached hydrogen (secondary N) is 1. The maximum absolute atomic E-state index is 12.0. The first kappa shape index (κ1) is 14.6. The SMILES string of the molecule is CCOC(=O)c1c(NC(N)=O)sc2c(O)c(Br)ccc12. The van der Waals surface area contributed by atoms with Crippen LogP contribution in [-0.2, 0) is 4.74 Å². The molecule has 0 saturated heterocycles. The Morgan fingerprint density at radius 1 is 1.50 bits per heavy atom. The number of benzene rings is 1. The van der Waals surface area contributed by atoms with Gasteiger partial charge in [0.25, 0.3) is 0 Å². The van der Waals surface area contributed by atoms with Crippen LogP contribution < -0.4 is 11.1 Å². The number of carbonyl (C=O) groups excluding carboxylic acids is 2. The van der Waals surface area contributed by atoms with Crippen LogP contribution in [0.2, 0.25) is 0 Å². The topological polar surface area (TPSA) is 102 Å². The lowest BCUT2D eigenvalue weighted by molar-refractivity contribution is 0.0530. The van der Waals surface area contributed by atoms with E-state index in [9.17, 15) is 14.7 Å². The molecule has 0 spiro atoms. The summed E-state index contributed by atoms with van der Waals surface area (Å²) < 4.78 is 5.93. The van der Waals surface area contributed by atoms with Gasteiger partial charge < -0.3 is 15.6 Å². The number of ether oxygens (including phenoxy) is 1. The van der Waals surface area contributed by atoms with Crippen LogP contribution in [0.25, 0.3) is 10.1 Å². The Morgan fingerprint density at radius 2 is 2.20 bits per heavy atom. The zero-order valence-electron chi connectivity index (χ0n) is 10.4. The van der Waals surface area contributed by atoms with E-state index >= 15 is 0 Å². The van der Waals surface area contributed by atoms with E-state index in [1.165, 1.54) is 0 Å². The maximum atomic E-state index is 12.0. The number of phenolic OH excluding ortho intramolecular Hbond substituents is 1. The number of thiophene rings is 1. The van der Waals surface area contributed by atoms with E-state index < -0.39 is 12.0 Å². The van der Waals surface area contributed by atoms with Gasteiger partial charge in [-0.3, -0.25) is 5.32 Å². The third kappa shape index (κ3) is 2.56. The van der Waals surface area contributed by atoms with Gasteiger partial charge in [-0.15, -0.1) is 11.3 Å². The first-order valence-electron chi connectivity index (χ1n) is 5.63. The second-order valence-electron chi connectivity index (χ2n) is 3.79. The highest BCUT2D eigenvalue weighted by atomic mass is 79.9. The molecule has 8 heteroatoms. The van der Waals surface area contributed by atoms with Crippen molar-refractivity contribution in [3.05, 3.63) is 22.2 Å². The van der Waals surface area contributed by atoms with Gasteiger partial charge in [0, 0.05) is 5.39 Å². The number of urea groups is 1. The number of nitrogens with two attached hydrogens (primary N) is 1. The van der Waals surface area contributed by atoms with E-state index in [2.05, 4.69) is 21.2 Å². The van der Waals surface area contributed by atoms with Gasteiger partial charge in [0.15, 0.2) is 0 Å². The highest BCUT2D eigenvalue weighted by Crippen LogP contribution is 2.43. The lowest BCUT2D eigenvalue weighted by Crippen LogP contribution is -2.20. The molecule has 2 amide bonds. The Balaban J connectivity index is 2.69. The number of amides is 2. The molecule has 0 aliphatic carbocycles. The Kier molecular flexibility index (Phi) is 4.15. The van der Waals surface area contributed by atoms with Crippen molar-refractivity contribution in [3.8, 4) is 5.75 Å². The van der Waals surface area contributed by atoms with Crippen LogP contribution in [0.1, 0.15) is 17.3 Å². The lowest BCUT2D eigenvalue weighted by atomic mass is 10.1. The molecule has 0 saturated carbocycles. The van der Waals surface area contributed by atoms with Crippen molar-refractivity contribution in [1.29, 1.82) is 0 Å². The summed E-state index contributed by atoms with van der Waals surface area (Å²) in [6.07, 6.45) is 0. The van der Waals surface area contributed by atoms with E-state index in [1.54, 1.807) is 19.1 Å². The minimum absolute atomic E-state index is 0.00410. The van der Waals surface area contributed by atoms with Gasteiger partial charge in [-0.25, -0.2) is 9.59 Å². The van der Waals surface area contributed by atoms with Gasteiger partial charge in [-0.2, -0.15) is 0 Å². The van der Waals surface area contributed by atoms with E-state index in [1.807, 2.05) is 0 Å². The average molecular weight is 359 g/mol. The highest BCUT2D eigenvalue weighted by Gasteiger charge is 2.23. The predicted molar refractivity (Wildman–Crippen MR) is 80.4 cm³/mol. The van der Waals surface area contributed by atoms with Crippen molar-refractivity contribution in [2.24, 2.45) is 5.73 Å². The van der Waals surface area contributed by atoms with E-state index in [4.69, 9.17) is 10.5 Å². The number of fused-ring (bicyclic) bond motifs is 1. The molecule has 0 atom stereocenters. The quantitative estimate of drug-likeness (QED) is 0.733. The molecule has 0 aliphatic heterocycles. The molecule has 2 rings (SSSR count). The molecule has 1 aromatic carbocycles. The number of primary amides is 1. The molecule has 0 unspecified atom stereocenters. The average Bonchev–Trinajstić information content (AvgIpc) is 2.72. The summed E-state index contributed by atoms with van der Waals surface area (Å²) in [6, 6.07) is 2.48. The molecule has 0 radical (unpaired) electrons. The molecule has 4 N–H and O–H groups in total. The van der Waals surface area contributed by atoms with Crippen molar-refractivity contribution in [2.45, 2.75) is 6.92 Å². The molecule has 1 heterocycles. The lowest BCUT2D eigenvalue weighted by Gasteiger charge is -2.04. The predicted octanol–water partition coefficient (Wildman–Crippen LogP) is 3.04. The van der Waals surface area contributed by atoms with E-state index in [0.717, 1.165) is 11.3 Å². The number of halogens is 1. The molecular formula is C12H11BrN2O4S. The molecule has 0 bridgehead atoms. The number of phenols is 1. The number of anilines is 1. The molecule has 0 fully saturated rings. The van der Waals surface area contributed by atoms with Crippen molar-refractivity contribution < 1.29 is 19.4 Å². The summed E-state index contributed by atoms with van der Waals surface area (Å²) in [5.41, 5.74) is 5.28. The second kappa shape index (κ2) is 5.68. The first-order chi connectivity index (χ1) is 9.45. The normalized spacial score (nSPS) is 10.5. The molecule has 106 valence electrons. The van der Waals surface area contributed by atoms with Crippen LogP contribution in [0, 0.1) is 0 Å². The van der Waals surface area contributed by atoms with Crippen LogP contribution in [0.4, 0.5) is 9.80 Å². The van der Waals surface area contributed by atoms with Crippen molar-refractivity contribution in [2.75, 3.05) is 11.9 Å². The third-order valence-corrected chi connectivity index (χ3v) is 4.27. The van der Waals surface area contributed by atoms with Crippen molar-refractivity contribution >= 4 is 54.4 Å². The fraction of sp³-hybridized carbons (Fsp3) is 0.167. The van der Waals surface area contributed by atoms with Gasteiger partial charge in [-0.1, -0.05) is 6.07 Å². The van der Waals surface area contributed by atoms with Crippen molar-refractivity contribution in [3.63, 3.8) is 0 Å². The highest BCUT2D eigenvalue weighted by molar-refractivity contribution is 9.10. The summed E-state index contributed by atoms with van der Waals surface area (Å²) in [5.74, 6) is -0.584. The Hall–Kier alpha value is -1.80. The number of hydrogen-bond donors (Lipinski definition) is 3. The minimum atomic E-state index is -0.791. The van der Waals surface area contributed by atoms with Gasteiger partial charge in [0.2, 0.25) is 0 Å². The Bertz CT molecular complexity index is 698. The number of aromatic hydroxyl groups is 1. The summed E-state index contributed by atoms with van der Waals surface area (Å²) in [6.45, 7) is 1.89. The molecular weight excluding hydrogens is 348 g/mol. The van der Waals surface area contributed by atoms with E-state index in [0.29, 0.717) is 14.6 Å². The Morgan fingerprint density at radius 3 is 2.80 bits per heavy atom. The third-order valence-electron chi connectivity index (χ3n) is 2.50. The summed E-state index contributed by atoms with van der Waals surface area (Å²) in [5, 5.41) is 13.1. The standard InChI is InChI=1S/C12H11BrN2O4S/c1-2-19-11(17)7-5-3-4-6(13)8(16)9(5)20-10(7)15-12(14)18/h3-4,16H,2H2,1H3,(H3,14,15,18). The fourth-order valence-corrected chi connectivity index (χ4v) is 3.33. The largest absolute Gasteiger partial charge is 0.505 e. The summed E-state index contributed by atoms with van der Waals surface area (Å²) in [7, 11) is 0. The minimum Gasteiger partial charge on any atom is -0.505 e. The zero-order chi connectivity index (χ0) is 14.9. The molecule has 20 heavy (non-hydrogen) atoms. The number of carbonyl (C=O) groups is 2. The maximum Gasteiger partial charge on any atom is 0.341 e. The Labute approximate surface area is 126 Å². The second-order valence-corrected chi connectivity index (χ2v) is 5.66. The number of hydrogen-bond acceptors (Lipinski definition) is 5. The van der Waals surface area contributed by atoms with Crippen LogP contribution in [0.5, 0.6) is 5.75 Å². The first-order valence-corrected chi connectivity index (χ1v) is 7.24. The van der Waals surface area contributed by atoms with Crippen LogP contribution in [-0.4, -0.2) is 23.7 Å². The smallest absolute Gasteiger partial charge is 0.341 e. The van der Waals surface area contributed by atoms with Crippen LogP contribution in [0.3, 0.4) is 0 Å². The molecule has 6 nitrogen and oxygen atoms in total. The summed E-state index contributed by atoms with van der Waals surface area (Å²) >= 11 is 4.25. The van der Waals surface area contributed by atoms with Crippen LogP contribution >= 0.6 is 27.3 Å². The van der Waals surface area contributed by atoms with E-state index in [-0.39, 0.29) is 22.9 Å². The summed E-state index contributed by atoms with van der Waals surface area (Å²) in [4.78, 5) is 23.0. The molecule has 1 aromatic heterocycles. The number of esters is 1. The molecule has 2 aromatic rings.